The molecule has 1 N–H and O–H groups in total. The standard InChI is InChI=1S/C13H20N6O/c1-4-7-14-12-15-11(10-6-8-19(3)18-10)16-13(17-12)20-9-5-2/h6,8H,4-5,7,9H2,1-3H3,(H,14,15,16,17). The molecular formula is C13H20N6O. The van der Waals surface area contributed by atoms with Gasteiger partial charge in [-0.1, -0.05) is 13.8 Å². The lowest BCUT2D eigenvalue weighted by molar-refractivity contribution is 0.292. The zero-order valence-corrected chi connectivity index (χ0v) is 12.1. The summed E-state index contributed by atoms with van der Waals surface area (Å²) in [4.78, 5) is 12.9. The van der Waals surface area contributed by atoms with Gasteiger partial charge in [0.15, 0.2) is 5.82 Å². The van der Waals surface area contributed by atoms with E-state index in [9.17, 15) is 0 Å². The molecule has 2 heterocycles. The summed E-state index contributed by atoms with van der Waals surface area (Å²) in [6.45, 7) is 5.51. The van der Waals surface area contributed by atoms with Crippen LogP contribution in [0.5, 0.6) is 6.01 Å². The number of hydrogen-bond acceptors (Lipinski definition) is 6. The van der Waals surface area contributed by atoms with Crippen LogP contribution in [0.3, 0.4) is 0 Å². The number of aromatic nitrogens is 5. The summed E-state index contributed by atoms with van der Waals surface area (Å²) in [5.41, 5.74) is 0.704. The third-order valence-electron chi connectivity index (χ3n) is 2.53. The highest BCUT2D eigenvalue weighted by molar-refractivity contribution is 5.50. The second-order valence-corrected chi connectivity index (χ2v) is 4.42. The molecular weight excluding hydrogens is 256 g/mol. The molecule has 20 heavy (non-hydrogen) atoms. The molecule has 0 aromatic carbocycles. The minimum absolute atomic E-state index is 0.334. The van der Waals surface area contributed by atoms with Crippen LogP contribution in [0.1, 0.15) is 26.7 Å². The molecule has 0 saturated heterocycles. The number of rotatable bonds is 7. The van der Waals surface area contributed by atoms with Gasteiger partial charge in [0.05, 0.1) is 6.61 Å². The highest BCUT2D eigenvalue weighted by Gasteiger charge is 2.11. The van der Waals surface area contributed by atoms with E-state index in [4.69, 9.17) is 4.74 Å². The number of ether oxygens (including phenoxy) is 1. The van der Waals surface area contributed by atoms with Crippen molar-refractivity contribution in [2.45, 2.75) is 26.7 Å². The zero-order chi connectivity index (χ0) is 14.4. The lowest BCUT2D eigenvalue weighted by Gasteiger charge is -2.07. The molecule has 0 bridgehead atoms. The third-order valence-corrected chi connectivity index (χ3v) is 2.53. The highest BCUT2D eigenvalue weighted by atomic mass is 16.5. The van der Waals surface area contributed by atoms with Crippen LogP contribution in [0.2, 0.25) is 0 Å². The van der Waals surface area contributed by atoms with Gasteiger partial charge in [0.1, 0.15) is 5.69 Å². The van der Waals surface area contributed by atoms with Crippen molar-refractivity contribution in [2.75, 3.05) is 18.5 Å². The smallest absolute Gasteiger partial charge is 0.321 e. The van der Waals surface area contributed by atoms with Crippen molar-refractivity contribution >= 4 is 5.95 Å². The van der Waals surface area contributed by atoms with Gasteiger partial charge in [-0.2, -0.15) is 20.1 Å². The average molecular weight is 276 g/mol. The normalized spacial score (nSPS) is 10.6. The summed E-state index contributed by atoms with van der Waals surface area (Å²) >= 11 is 0. The maximum atomic E-state index is 5.51. The van der Waals surface area contributed by atoms with Gasteiger partial charge in [0, 0.05) is 19.8 Å². The molecule has 0 aliphatic carbocycles. The van der Waals surface area contributed by atoms with Gasteiger partial charge in [-0.15, -0.1) is 0 Å². The molecule has 0 atom stereocenters. The summed E-state index contributed by atoms with van der Waals surface area (Å²) < 4.78 is 7.22. The van der Waals surface area contributed by atoms with Crippen molar-refractivity contribution in [3.05, 3.63) is 12.3 Å². The van der Waals surface area contributed by atoms with Gasteiger partial charge >= 0.3 is 6.01 Å². The Morgan fingerprint density at radius 3 is 2.70 bits per heavy atom. The van der Waals surface area contributed by atoms with Gasteiger partial charge in [-0.3, -0.25) is 4.68 Å². The molecule has 2 aromatic rings. The first kappa shape index (κ1) is 14.2. The van der Waals surface area contributed by atoms with E-state index in [0.717, 1.165) is 19.4 Å². The van der Waals surface area contributed by atoms with Gasteiger partial charge in [0.25, 0.3) is 0 Å². The number of aryl methyl sites for hydroxylation is 1. The molecule has 0 spiro atoms. The fraction of sp³-hybridized carbons (Fsp3) is 0.538. The number of nitrogens with zero attached hydrogens (tertiary/aromatic N) is 5. The van der Waals surface area contributed by atoms with Crippen molar-refractivity contribution in [1.82, 2.24) is 24.7 Å². The van der Waals surface area contributed by atoms with Crippen molar-refractivity contribution in [3.8, 4) is 17.5 Å². The summed E-state index contributed by atoms with van der Waals surface area (Å²) in [6, 6.07) is 2.20. The number of hydrogen-bond donors (Lipinski definition) is 1. The van der Waals surface area contributed by atoms with Crippen LogP contribution in [-0.2, 0) is 7.05 Å². The summed E-state index contributed by atoms with van der Waals surface area (Å²) in [5, 5.41) is 7.46. The molecule has 7 nitrogen and oxygen atoms in total. The zero-order valence-electron chi connectivity index (χ0n) is 12.1. The molecule has 2 rings (SSSR count). The van der Waals surface area contributed by atoms with Crippen LogP contribution in [0.25, 0.3) is 11.5 Å². The second-order valence-electron chi connectivity index (χ2n) is 4.42. The second kappa shape index (κ2) is 6.83. The first-order valence-electron chi connectivity index (χ1n) is 6.85. The Balaban J connectivity index is 2.29. The molecule has 0 aliphatic rings. The summed E-state index contributed by atoms with van der Waals surface area (Å²) in [5.74, 6) is 1.04. The van der Waals surface area contributed by atoms with E-state index in [0.29, 0.717) is 30.1 Å². The Hall–Kier alpha value is -2.18. The fourth-order valence-corrected chi connectivity index (χ4v) is 1.58. The van der Waals surface area contributed by atoms with E-state index in [2.05, 4.69) is 32.3 Å². The minimum atomic E-state index is 0.334. The van der Waals surface area contributed by atoms with Gasteiger partial charge in [-0.05, 0) is 18.9 Å². The van der Waals surface area contributed by atoms with Crippen molar-refractivity contribution in [3.63, 3.8) is 0 Å². The molecule has 7 heteroatoms. The Bertz CT molecular complexity index is 527. The van der Waals surface area contributed by atoms with E-state index >= 15 is 0 Å². The molecule has 2 aromatic heterocycles. The van der Waals surface area contributed by atoms with Crippen LogP contribution in [-0.4, -0.2) is 37.9 Å². The van der Waals surface area contributed by atoms with Gasteiger partial charge in [0.2, 0.25) is 5.95 Å². The van der Waals surface area contributed by atoms with E-state index < -0.39 is 0 Å². The maximum absolute atomic E-state index is 5.51. The first-order valence-corrected chi connectivity index (χ1v) is 6.85. The molecule has 0 amide bonds. The SMILES string of the molecule is CCCNc1nc(OCCC)nc(-c2ccn(C)n2)n1. The Kier molecular flexibility index (Phi) is 4.86. The van der Waals surface area contributed by atoms with E-state index in [1.807, 2.05) is 26.2 Å². The molecule has 0 unspecified atom stereocenters. The van der Waals surface area contributed by atoms with Crippen LogP contribution in [0.15, 0.2) is 12.3 Å². The van der Waals surface area contributed by atoms with Crippen LogP contribution >= 0.6 is 0 Å². The summed E-state index contributed by atoms with van der Waals surface area (Å²) in [7, 11) is 1.86. The molecule has 0 aliphatic heterocycles. The van der Waals surface area contributed by atoms with Crippen molar-refractivity contribution in [1.29, 1.82) is 0 Å². The molecule has 0 fully saturated rings. The predicted octanol–water partition coefficient (Wildman–Crippen LogP) is 1.88. The highest BCUT2D eigenvalue weighted by Crippen LogP contribution is 2.16. The van der Waals surface area contributed by atoms with Gasteiger partial charge in [-0.25, -0.2) is 0 Å². The molecule has 108 valence electrons. The topological polar surface area (TPSA) is 77.8 Å². The average Bonchev–Trinajstić information content (AvgIpc) is 2.89. The molecule has 0 radical (unpaired) electrons. The predicted molar refractivity (Wildman–Crippen MR) is 76.6 cm³/mol. The Morgan fingerprint density at radius 2 is 2.05 bits per heavy atom. The fourth-order valence-electron chi connectivity index (χ4n) is 1.58. The minimum Gasteiger partial charge on any atom is -0.463 e. The largest absolute Gasteiger partial charge is 0.463 e. The van der Waals surface area contributed by atoms with E-state index in [1.165, 1.54) is 0 Å². The summed E-state index contributed by atoms with van der Waals surface area (Å²) in [6.07, 6.45) is 3.75. The monoisotopic (exact) mass is 276 g/mol. The van der Waals surface area contributed by atoms with E-state index in [-0.39, 0.29) is 0 Å². The Morgan fingerprint density at radius 1 is 1.20 bits per heavy atom. The van der Waals surface area contributed by atoms with Crippen LogP contribution < -0.4 is 10.1 Å². The third kappa shape index (κ3) is 3.66. The molecule has 0 saturated carbocycles. The first-order chi connectivity index (χ1) is 9.72. The van der Waals surface area contributed by atoms with Crippen LogP contribution in [0.4, 0.5) is 5.95 Å². The van der Waals surface area contributed by atoms with E-state index in [1.54, 1.807) is 4.68 Å². The number of anilines is 1. The van der Waals surface area contributed by atoms with Gasteiger partial charge < -0.3 is 10.1 Å². The lowest BCUT2D eigenvalue weighted by atomic mass is 10.4. The lowest BCUT2D eigenvalue weighted by Crippen LogP contribution is -2.09. The van der Waals surface area contributed by atoms with Crippen LogP contribution in [0, 0.1) is 0 Å². The Labute approximate surface area is 118 Å². The number of nitrogens with one attached hydrogen (secondary N) is 1. The van der Waals surface area contributed by atoms with Crippen molar-refractivity contribution in [2.24, 2.45) is 7.05 Å². The maximum Gasteiger partial charge on any atom is 0.321 e. The quantitative estimate of drug-likeness (QED) is 0.832. The van der Waals surface area contributed by atoms with Crippen molar-refractivity contribution < 1.29 is 4.74 Å².